The lowest BCUT2D eigenvalue weighted by molar-refractivity contribution is 0.177. The molecule has 1 saturated heterocycles. The van der Waals surface area contributed by atoms with Gasteiger partial charge in [0, 0.05) is 44.7 Å². The predicted molar refractivity (Wildman–Crippen MR) is 99.2 cm³/mol. The van der Waals surface area contributed by atoms with Crippen LogP contribution in [0.5, 0.6) is 0 Å². The summed E-state index contributed by atoms with van der Waals surface area (Å²) in [6.45, 7) is 3.20. The summed E-state index contributed by atoms with van der Waals surface area (Å²) < 4.78 is 33.7. The van der Waals surface area contributed by atoms with Gasteiger partial charge in [-0.15, -0.1) is 11.3 Å². The Balaban J connectivity index is 1.39. The van der Waals surface area contributed by atoms with Crippen LogP contribution in [0.25, 0.3) is 0 Å². The molecule has 0 spiro atoms. The molecule has 25 heavy (non-hydrogen) atoms. The molecule has 6 nitrogen and oxygen atoms in total. The zero-order valence-electron chi connectivity index (χ0n) is 13.8. The van der Waals surface area contributed by atoms with Crippen molar-refractivity contribution in [2.45, 2.75) is 36.4 Å². The molecule has 136 valence electrons. The van der Waals surface area contributed by atoms with Crippen molar-refractivity contribution < 1.29 is 12.9 Å². The molecule has 2 aromatic rings. The van der Waals surface area contributed by atoms with Crippen molar-refractivity contribution in [3.8, 4) is 0 Å². The number of aryl methyl sites for hydroxylation is 1. The van der Waals surface area contributed by atoms with Gasteiger partial charge in [-0.3, -0.25) is 4.90 Å². The first-order chi connectivity index (χ1) is 12.0. The Morgan fingerprint density at radius 2 is 1.92 bits per heavy atom. The molecule has 2 aromatic heterocycles. The first kappa shape index (κ1) is 17.7. The van der Waals surface area contributed by atoms with E-state index in [1.807, 2.05) is 0 Å². The van der Waals surface area contributed by atoms with Gasteiger partial charge in [0.25, 0.3) is 10.0 Å². The van der Waals surface area contributed by atoms with E-state index in [-0.39, 0.29) is 0 Å². The van der Waals surface area contributed by atoms with E-state index in [4.69, 9.17) is 4.52 Å². The number of fused-ring (bicyclic) bond motifs is 1. The highest BCUT2D eigenvalue weighted by molar-refractivity contribution is 9.11. The average molecular weight is 446 g/mol. The summed E-state index contributed by atoms with van der Waals surface area (Å²) in [5.74, 6) is 1.05. The van der Waals surface area contributed by atoms with Crippen molar-refractivity contribution in [2.75, 3.05) is 26.2 Å². The Kier molecular flexibility index (Phi) is 5.02. The summed E-state index contributed by atoms with van der Waals surface area (Å²) >= 11 is 4.59. The van der Waals surface area contributed by atoms with Crippen molar-refractivity contribution in [1.29, 1.82) is 0 Å². The fourth-order valence-electron chi connectivity index (χ4n) is 3.48. The largest absolute Gasteiger partial charge is 0.361 e. The number of halogens is 1. The Morgan fingerprint density at radius 3 is 2.64 bits per heavy atom. The van der Waals surface area contributed by atoms with Crippen molar-refractivity contribution >= 4 is 37.3 Å². The van der Waals surface area contributed by atoms with Gasteiger partial charge in [0.05, 0.1) is 3.79 Å². The quantitative estimate of drug-likeness (QED) is 0.723. The van der Waals surface area contributed by atoms with Crippen LogP contribution in [0.3, 0.4) is 0 Å². The SMILES string of the molecule is O=S(=O)(c1ccc(Br)s1)N1CCN(Cc2noc3c2CCCC3)CC1. The highest BCUT2D eigenvalue weighted by atomic mass is 79.9. The predicted octanol–water partition coefficient (Wildman–Crippen LogP) is 2.88. The molecule has 0 unspecified atom stereocenters. The summed E-state index contributed by atoms with van der Waals surface area (Å²) in [5, 5.41) is 4.26. The smallest absolute Gasteiger partial charge is 0.252 e. The van der Waals surface area contributed by atoms with Crippen LogP contribution in [0.4, 0.5) is 0 Å². The summed E-state index contributed by atoms with van der Waals surface area (Å²) in [7, 11) is -3.38. The van der Waals surface area contributed by atoms with Crippen LogP contribution in [-0.2, 0) is 29.4 Å². The molecule has 3 heterocycles. The summed E-state index contributed by atoms with van der Waals surface area (Å²) in [5.41, 5.74) is 2.32. The van der Waals surface area contributed by atoms with Crippen LogP contribution >= 0.6 is 27.3 Å². The lowest BCUT2D eigenvalue weighted by Crippen LogP contribution is -2.48. The minimum Gasteiger partial charge on any atom is -0.361 e. The standard InChI is InChI=1S/C16H20BrN3O3S2/c17-15-5-6-16(24-15)25(21,22)20-9-7-19(8-10-20)11-13-12-3-1-2-4-14(12)23-18-13/h5-6H,1-4,7-11H2. The summed E-state index contributed by atoms with van der Waals surface area (Å²) in [6, 6.07) is 3.44. The number of aromatic nitrogens is 1. The Bertz CT molecular complexity index is 854. The maximum Gasteiger partial charge on any atom is 0.252 e. The van der Waals surface area contributed by atoms with Crippen molar-refractivity contribution in [2.24, 2.45) is 0 Å². The molecule has 0 saturated carbocycles. The molecule has 2 aliphatic rings. The summed E-state index contributed by atoms with van der Waals surface area (Å²) in [6.07, 6.45) is 4.42. The molecule has 1 aliphatic carbocycles. The third-order valence-electron chi connectivity index (χ3n) is 4.88. The van der Waals surface area contributed by atoms with Crippen molar-refractivity contribution in [1.82, 2.24) is 14.4 Å². The lowest BCUT2D eigenvalue weighted by Gasteiger charge is -2.33. The molecule has 0 bridgehead atoms. The van der Waals surface area contributed by atoms with Gasteiger partial charge < -0.3 is 4.52 Å². The maximum atomic E-state index is 12.7. The van der Waals surface area contributed by atoms with Gasteiger partial charge in [-0.25, -0.2) is 8.42 Å². The molecule has 1 aliphatic heterocycles. The maximum absolute atomic E-state index is 12.7. The minimum absolute atomic E-state index is 0.401. The minimum atomic E-state index is -3.38. The van der Waals surface area contributed by atoms with Crippen LogP contribution in [0.1, 0.15) is 29.9 Å². The number of hydrogen-bond acceptors (Lipinski definition) is 6. The molecule has 0 amide bonds. The third-order valence-corrected chi connectivity index (χ3v) is 8.87. The Labute approximate surface area is 160 Å². The van der Waals surface area contributed by atoms with Gasteiger partial charge in [-0.05, 0) is 47.3 Å². The molecule has 1 fully saturated rings. The van der Waals surface area contributed by atoms with E-state index in [0.717, 1.165) is 34.6 Å². The van der Waals surface area contributed by atoms with Crippen molar-refractivity contribution in [3.63, 3.8) is 0 Å². The van der Waals surface area contributed by atoms with E-state index in [0.29, 0.717) is 30.4 Å². The van der Waals surface area contributed by atoms with E-state index in [2.05, 4.69) is 26.0 Å². The average Bonchev–Trinajstić information content (AvgIpc) is 3.23. The first-order valence-electron chi connectivity index (χ1n) is 8.48. The normalized spacial score (nSPS) is 19.9. The number of sulfonamides is 1. The molecule has 0 radical (unpaired) electrons. The van der Waals surface area contributed by atoms with Gasteiger partial charge in [0.2, 0.25) is 0 Å². The number of piperazine rings is 1. The number of rotatable bonds is 4. The fourth-order valence-corrected chi connectivity index (χ4v) is 7.06. The molecule has 0 N–H and O–H groups in total. The van der Waals surface area contributed by atoms with Gasteiger partial charge >= 0.3 is 0 Å². The van der Waals surface area contributed by atoms with E-state index >= 15 is 0 Å². The summed E-state index contributed by atoms with van der Waals surface area (Å²) in [4.78, 5) is 2.27. The topological polar surface area (TPSA) is 66.7 Å². The molecular weight excluding hydrogens is 426 g/mol. The third kappa shape index (κ3) is 3.57. The Hall–Kier alpha value is -0.740. The van der Waals surface area contributed by atoms with E-state index in [1.165, 1.54) is 29.7 Å². The number of hydrogen-bond donors (Lipinski definition) is 0. The highest BCUT2D eigenvalue weighted by Gasteiger charge is 2.30. The second-order valence-electron chi connectivity index (χ2n) is 6.48. The van der Waals surface area contributed by atoms with E-state index in [9.17, 15) is 8.42 Å². The zero-order chi connectivity index (χ0) is 17.4. The van der Waals surface area contributed by atoms with Gasteiger partial charge in [0.15, 0.2) is 0 Å². The lowest BCUT2D eigenvalue weighted by atomic mass is 9.96. The zero-order valence-corrected chi connectivity index (χ0v) is 17.0. The van der Waals surface area contributed by atoms with Crippen molar-refractivity contribution in [3.05, 3.63) is 32.9 Å². The van der Waals surface area contributed by atoms with E-state index in [1.54, 1.807) is 16.4 Å². The van der Waals surface area contributed by atoms with Gasteiger partial charge in [0.1, 0.15) is 15.7 Å². The highest BCUT2D eigenvalue weighted by Crippen LogP contribution is 2.29. The van der Waals surface area contributed by atoms with Crippen LogP contribution in [0.15, 0.2) is 24.7 Å². The van der Waals surface area contributed by atoms with Crippen LogP contribution in [0, 0.1) is 0 Å². The number of thiophene rings is 1. The first-order valence-corrected chi connectivity index (χ1v) is 11.5. The Morgan fingerprint density at radius 1 is 1.16 bits per heavy atom. The van der Waals surface area contributed by atoms with E-state index < -0.39 is 10.0 Å². The molecule has 4 rings (SSSR count). The van der Waals surface area contributed by atoms with Crippen LogP contribution in [-0.4, -0.2) is 49.0 Å². The van der Waals surface area contributed by atoms with Gasteiger partial charge in [-0.2, -0.15) is 4.31 Å². The monoisotopic (exact) mass is 445 g/mol. The number of nitrogens with zero attached hydrogens (tertiary/aromatic N) is 3. The van der Waals surface area contributed by atoms with Crippen LogP contribution < -0.4 is 0 Å². The molecule has 0 aromatic carbocycles. The molecule has 9 heteroatoms. The van der Waals surface area contributed by atoms with Gasteiger partial charge in [-0.1, -0.05) is 5.16 Å². The van der Waals surface area contributed by atoms with Crippen LogP contribution in [0.2, 0.25) is 0 Å². The fraction of sp³-hybridized carbons (Fsp3) is 0.562. The molecule has 0 atom stereocenters. The molecular formula is C16H20BrN3O3S2. The second kappa shape index (κ2) is 7.11. The second-order valence-corrected chi connectivity index (χ2v) is 11.1.